The van der Waals surface area contributed by atoms with Crippen LogP contribution in [0.2, 0.25) is 0 Å². The Morgan fingerprint density at radius 2 is 2.29 bits per heavy atom. The van der Waals surface area contributed by atoms with Gasteiger partial charge >= 0.3 is 0 Å². The molecule has 2 unspecified atom stereocenters. The minimum absolute atomic E-state index is 0.0798. The molecular weight excluding hydrogens is 243 g/mol. The Morgan fingerprint density at radius 3 is 2.88 bits per heavy atom. The lowest BCUT2D eigenvalue weighted by Crippen LogP contribution is -2.16. The van der Waals surface area contributed by atoms with Gasteiger partial charge in [0.15, 0.2) is 11.6 Å². The second kappa shape index (κ2) is 6.48. The minimum atomic E-state index is -0.858. The van der Waals surface area contributed by atoms with Crippen LogP contribution in [0.25, 0.3) is 0 Å². The van der Waals surface area contributed by atoms with E-state index in [0.29, 0.717) is 18.9 Å². The number of aromatic nitrogens is 2. The van der Waals surface area contributed by atoms with Gasteiger partial charge in [0.1, 0.15) is 0 Å². The summed E-state index contributed by atoms with van der Waals surface area (Å²) < 4.78 is 24.4. The number of hydrogen-bond donors (Lipinski definition) is 2. The third-order valence-corrected chi connectivity index (χ3v) is 3.75. The lowest BCUT2D eigenvalue weighted by atomic mass is 10.3. The number of anilines is 2. The maximum Gasteiger partial charge on any atom is 0.224 e. The van der Waals surface area contributed by atoms with Gasteiger partial charge in [-0.25, -0.2) is 9.37 Å². The summed E-state index contributed by atoms with van der Waals surface area (Å²) in [5, 5.41) is 5.69. The molecule has 0 aliphatic heterocycles. The summed E-state index contributed by atoms with van der Waals surface area (Å²) in [6, 6.07) is 0. The molecule has 0 saturated carbocycles. The molecule has 2 N–H and O–H groups in total. The van der Waals surface area contributed by atoms with Gasteiger partial charge in [0.2, 0.25) is 5.95 Å². The number of rotatable bonds is 6. The zero-order valence-corrected chi connectivity index (χ0v) is 11.0. The molecular formula is C10H17FN4OS. The van der Waals surface area contributed by atoms with Crippen LogP contribution in [0.5, 0.6) is 0 Å². The van der Waals surface area contributed by atoms with Crippen LogP contribution < -0.4 is 10.6 Å². The van der Waals surface area contributed by atoms with Crippen LogP contribution in [0.1, 0.15) is 13.3 Å². The van der Waals surface area contributed by atoms with Crippen LogP contribution in [-0.2, 0) is 10.8 Å². The van der Waals surface area contributed by atoms with Crippen molar-refractivity contribution in [3.63, 3.8) is 0 Å². The van der Waals surface area contributed by atoms with Crippen molar-refractivity contribution >= 4 is 22.6 Å². The summed E-state index contributed by atoms with van der Waals surface area (Å²) >= 11 is 0. The fraction of sp³-hybridized carbons (Fsp3) is 0.600. The Balaban J connectivity index is 2.54. The van der Waals surface area contributed by atoms with Gasteiger partial charge in [0.05, 0.1) is 6.20 Å². The lowest BCUT2D eigenvalue weighted by Gasteiger charge is -2.10. The summed E-state index contributed by atoms with van der Waals surface area (Å²) in [4.78, 5) is 7.69. The topological polar surface area (TPSA) is 66.9 Å². The average Bonchev–Trinajstić information content (AvgIpc) is 2.31. The van der Waals surface area contributed by atoms with Gasteiger partial charge in [-0.15, -0.1) is 0 Å². The second-order valence-electron chi connectivity index (χ2n) is 3.66. The highest BCUT2D eigenvalue weighted by Gasteiger charge is 2.08. The van der Waals surface area contributed by atoms with E-state index >= 15 is 0 Å². The molecule has 5 nitrogen and oxygen atoms in total. The van der Waals surface area contributed by atoms with Gasteiger partial charge in [-0.3, -0.25) is 4.21 Å². The Bertz CT molecular complexity index is 402. The highest BCUT2D eigenvalue weighted by atomic mass is 32.2. The zero-order chi connectivity index (χ0) is 12.8. The van der Waals surface area contributed by atoms with E-state index in [-0.39, 0.29) is 11.1 Å². The molecule has 1 heterocycles. The van der Waals surface area contributed by atoms with Crippen LogP contribution >= 0.6 is 0 Å². The van der Waals surface area contributed by atoms with Gasteiger partial charge in [0.25, 0.3) is 0 Å². The maximum atomic E-state index is 13.3. The molecule has 0 saturated heterocycles. The highest BCUT2D eigenvalue weighted by molar-refractivity contribution is 7.84. The van der Waals surface area contributed by atoms with Crippen molar-refractivity contribution < 1.29 is 8.60 Å². The minimum Gasteiger partial charge on any atom is -0.367 e. The van der Waals surface area contributed by atoms with E-state index in [1.54, 1.807) is 13.3 Å². The molecule has 1 aromatic rings. The zero-order valence-electron chi connectivity index (χ0n) is 10.2. The molecule has 0 bridgehead atoms. The van der Waals surface area contributed by atoms with Crippen molar-refractivity contribution in [2.45, 2.75) is 18.6 Å². The highest BCUT2D eigenvalue weighted by Crippen LogP contribution is 2.11. The first kappa shape index (κ1) is 13.8. The van der Waals surface area contributed by atoms with Gasteiger partial charge < -0.3 is 10.6 Å². The van der Waals surface area contributed by atoms with Gasteiger partial charge in [0, 0.05) is 35.9 Å². The normalized spacial score (nSPS) is 14.1. The van der Waals surface area contributed by atoms with Gasteiger partial charge in [-0.05, 0) is 6.42 Å². The van der Waals surface area contributed by atoms with Crippen molar-refractivity contribution in [2.24, 2.45) is 0 Å². The van der Waals surface area contributed by atoms with Crippen molar-refractivity contribution in [1.82, 2.24) is 9.97 Å². The first-order valence-electron chi connectivity index (χ1n) is 5.31. The predicted molar refractivity (Wildman–Crippen MR) is 68.2 cm³/mol. The largest absolute Gasteiger partial charge is 0.367 e. The predicted octanol–water partition coefficient (Wildman–Crippen LogP) is 1.23. The molecule has 17 heavy (non-hydrogen) atoms. The molecule has 1 aromatic heterocycles. The molecule has 0 aliphatic carbocycles. The molecule has 0 amide bonds. The number of halogens is 1. The van der Waals surface area contributed by atoms with E-state index in [0.717, 1.165) is 6.20 Å². The Labute approximate surface area is 103 Å². The van der Waals surface area contributed by atoms with E-state index in [1.165, 1.54) is 0 Å². The monoisotopic (exact) mass is 260 g/mol. The molecule has 1 rings (SSSR count). The summed E-state index contributed by atoms with van der Waals surface area (Å²) in [5.41, 5.74) is 0. The quantitative estimate of drug-likeness (QED) is 0.805. The Morgan fingerprint density at radius 1 is 1.59 bits per heavy atom. The smallest absolute Gasteiger partial charge is 0.224 e. The van der Waals surface area contributed by atoms with Crippen LogP contribution in [0, 0.1) is 5.82 Å². The standard InChI is InChI=1S/C10H17FN4OS/c1-7(17(3)16)4-5-13-9-8(11)6-14-10(12-2)15-9/h6-7H,4-5H2,1-3H3,(H2,12,13,14,15). The van der Waals surface area contributed by atoms with Crippen LogP contribution in [0.4, 0.5) is 16.2 Å². The molecule has 0 spiro atoms. The van der Waals surface area contributed by atoms with Crippen LogP contribution in [-0.4, -0.2) is 39.3 Å². The van der Waals surface area contributed by atoms with Gasteiger partial charge in [-0.1, -0.05) is 6.92 Å². The lowest BCUT2D eigenvalue weighted by molar-refractivity contribution is 0.616. The van der Waals surface area contributed by atoms with E-state index in [4.69, 9.17) is 0 Å². The molecule has 0 aliphatic rings. The van der Waals surface area contributed by atoms with E-state index in [1.807, 2.05) is 6.92 Å². The molecule has 0 radical (unpaired) electrons. The summed E-state index contributed by atoms with van der Waals surface area (Å²) in [6.07, 6.45) is 3.47. The molecule has 0 fully saturated rings. The van der Waals surface area contributed by atoms with E-state index in [9.17, 15) is 8.60 Å². The number of nitrogens with zero attached hydrogens (tertiary/aromatic N) is 2. The van der Waals surface area contributed by atoms with Crippen molar-refractivity contribution in [3.05, 3.63) is 12.0 Å². The fourth-order valence-electron chi connectivity index (χ4n) is 1.17. The fourth-order valence-corrected chi connectivity index (χ4v) is 1.62. The molecule has 7 heteroatoms. The van der Waals surface area contributed by atoms with Crippen molar-refractivity contribution in [3.8, 4) is 0 Å². The van der Waals surface area contributed by atoms with Crippen LogP contribution in [0.3, 0.4) is 0 Å². The van der Waals surface area contributed by atoms with Gasteiger partial charge in [-0.2, -0.15) is 4.98 Å². The molecule has 96 valence electrons. The molecule has 0 aromatic carbocycles. The third-order valence-electron chi connectivity index (χ3n) is 2.38. The maximum absolute atomic E-state index is 13.3. The summed E-state index contributed by atoms with van der Waals surface area (Å²) in [7, 11) is 0.808. The van der Waals surface area contributed by atoms with E-state index in [2.05, 4.69) is 20.6 Å². The first-order chi connectivity index (χ1) is 8.04. The molecule has 2 atom stereocenters. The average molecular weight is 260 g/mol. The number of hydrogen-bond acceptors (Lipinski definition) is 5. The van der Waals surface area contributed by atoms with Crippen molar-refractivity contribution in [2.75, 3.05) is 30.5 Å². The third kappa shape index (κ3) is 4.26. The number of nitrogens with one attached hydrogen (secondary N) is 2. The van der Waals surface area contributed by atoms with Crippen molar-refractivity contribution in [1.29, 1.82) is 0 Å². The summed E-state index contributed by atoms with van der Waals surface area (Å²) in [6.45, 7) is 2.42. The van der Waals surface area contributed by atoms with E-state index < -0.39 is 16.6 Å². The first-order valence-corrected chi connectivity index (χ1v) is 6.93. The summed E-state index contributed by atoms with van der Waals surface area (Å²) in [5.74, 6) is 0.0359. The Kier molecular flexibility index (Phi) is 5.27. The SMILES string of the molecule is CNc1ncc(F)c(NCCC(C)S(C)=O)n1. The Hall–Kier alpha value is -1.24. The second-order valence-corrected chi connectivity index (χ2v) is 5.47. The van der Waals surface area contributed by atoms with Crippen LogP contribution in [0.15, 0.2) is 6.20 Å².